The van der Waals surface area contributed by atoms with E-state index >= 15 is 0 Å². The third-order valence-electron chi connectivity index (χ3n) is 2.59. The SMILES string of the molecule is CCCSCC(N)c1c(Br)cnn1CCN(C)C. The van der Waals surface area contributed by atoms with Crippen molar-refractivity contribution in [1.29, 1.82) is 0 Å². The van der Waals surface area contributed by atoms with Crippen molar-refractivity contribution in [2.75, 3.05) is 32.1 Å². The highest BCUT2D eigenvalue weighted by atomic mass is 79.9. The number of likely N-dealkylation sites (N-methyl/N-ethyl adjacent to an activating group) is 1. The molecule has 18 heavy (non-hydrogen) atoms. The van der Waals surface area contributed by atoms with E-state index < -0.39 is 0 Å². The maximum absolute atomic E-state index is 6.26. The van der Waals surface area contributed by atoms with E-state index in [4.69, 9.17) is 5.73 Å². The van der Waals surface area contributed by atoms with Crippen LogP contribution in [0.2, 0.25) is 0 Å². The third-order valence-corrected chi connectivity index (χ3v) is 4.49. The van der Waals surface area contributed by atoms with Crippen molar-refractivity contribution in [3.63, 3.8) is 0 Å². The lowest BCUT2D eigenvalue weighted by Crippen LogP contribution is -2.24. The van der Waals surface area contributed by atoms with Crippen molar-refractivity contribution in [1.82, 2.24) is 14.7 Å². The van der Waals surface area contributed by atoms with Gasteiger partial charge in [-0.05, 0) is 42.2 Å². The topological polar surface area (TPSA) is 47.1 Å². The van der Waals surface area contributed by atoms with Gasteiger partial charge in [0.15, 0.2) is 0 Å². The summed E-state index contributed by atoms with van der Waals surface area (Å²) in [5.41, 5.74) is 7.37. The van der Waals surface area contributed by atoms with Gasteiger partial charge in [-0.15, -0.1) is 0 Å². The minimum atomic E-state index is 0.0422. The van der Waals surface area contributed by atoms with E-state index in [1.807, 2.05) is 22.6 Å². The van der Waals surface area contributed by atoms with Crippen LogP contribution in [-0.2, 0) is 6.54 Å². The van der Waals surface area contributed by atoms with Crippen LogP contribution in [-0.4, -0.2) is 46.8 Å². The molecule has 0 fully saturated rings. The van der Waals surface area contributed by atoms with Crippen molar-refractivity contribution in [3.8, 4) is 0 Å². The predicted octanol–water partition coefficient (Wildman–Crippen LogP) is 2.35. The summed E-state index contributed by atoms with van der Waals surface area (Å²) in [5.74, 6) is 2.11. The van der Waals surface area contributed by atoms with Crippen LogP contribution < -0.4 is 5.73 Å². The Balaban J connectivity index is 2.64. The van der Waals surface area contributed by atoms with Gasteiger partial charge in [0.1, 0.15) is 0 Å². The summed E-state index contributed by atoms with van der Waals surface area (Å²) in [7, 11) is 4.13. The van der Waals surface area contributed by atoms with Crippen molar-refractivity contribution in [2.45, 2.75) is 25.9 Å². The van der Waals surface area contributed by atoms with Gasteiger partial charge in [-0.3, -0.25) is 4.68 Å². The predicted molar refractivity (Wildman–Crippen MR) is 83.0 cm³/mol. The molecule has 0 spiro atoms. The van der Waals surface area contributed by atoms with Crippen LogP contribution in [0.1, 0.15) is 25.1 Å². The number of thioether (sulfide) groups is 1. The second kappa shape index (κ2) is 8.19. The second-order valence-corrected chi connectivity index (χ2v) is 6.59. The standard InChI is InChI=1S/C12H23BrN4S/c1-4-7-18-9-11(14)12-10(13)8-15-17(12)6-5-16(2)3/h8,11H,4-7,9,14H2,1-3H3. The minimum Gasteiger partial charge on any atom is -0.322 e. The molecule has 4 nitrogen and oxygen atoms in total. The fourth-order valence-corrected chi connectivity index (χ4v) is 3.10. The molecular weight excluding hydrogens is 312 g/mol. The Hall–Kier alpha value is -0.0400. The maximum Gasteiger partial charge on any atom is 0.0702 e. The fraction of sp³-hybridized carbons (Fsp3) is 0.750. The second-order valence-electron chi connectivity index (χ2n) is 4.59. The number of halogens is 1. The summed E-state index contributed by atoms with van der Waals surface area (Å²) in [5, 5.41) is 4.39. The Kier molecular flexibility index (Phi) is 7.29. The van der Waals surface area contributed by atoms with Crippen LogP contribution in [0.15, 0.2) is 10.7 Å². The summed E-state index contributed by atoms with van der Waals surface area (Å²) >= 11 is 5.45. The number of nitrogens with zero attached hydrogens (tertiary/aromatic N) is 3. The molecule has 0 aliphatic rings. The van der Waals surface area contributed by atoms with E-state index in [1.165, 1.54) is 6.42 Å². The number of rotatable bonds is 8. The third kappa shape index (κ3) is 4.91. The van der Waals surface area contributed by atoms with Gasteiger partial charge in [-0.25, -0.2) is 0 Å². The molecule has 1 atom stereocenters. The summed E-state index contributed by atoms with van der Waals surface area (Å²) in [6.07, 6.45) is 3.04. The Morgan fingerprint density at radius 3 is 2.89 bits per heavy atom. The lowest BCUT2D eigenvalue weighted by Gasteiger charge is -2.16. The molecule has 0 bridgehead atoms. The average Bonchev–Trinajstić information content (AvgIpc) is 2.68. The molecule has 1 rings (SSSR count). The first-order chi connectivity index (χ1) is 8.56. The molecule has 0 amide bonds. The van der Waals surface area contributed by atoms with E-state index in [2.05, 4.69) is 46.9 Å². The smallest absolute Gasteiger partial charge is 0.0702 e. The Morgan fingerprint density at radius 1 is 1.56 bits per heavy atom. The van der Waals surface area contributed by atoms with Crippen LogP contribution in [0.25, 0.3) is 0 Å². The van der Waals surface area contributed by atoms with E-state index in [0.717, 1.165) is 34.8 Å². The molecule has 0 radical (unpaired) electrons. The summed E-state index contributed by atoms with van der Waals surface area (Å²) in [4.78, 5) is 2.15. The highest BCUT2D eigenvalue weighted by molar-refractivity contribution is 9.10. The van der Waals surface area contributed by atoms with E-state index in [-0.39, 0.29) is 6.04 Å². The Bertz CT molecular complexity index is 354. The van der Waals surface area contributed by atoms with Crippen LogP contribution in [0.5, 0.6) is 0 Å². The van der Waals surface area contributed by atoms with Crippen LogP contribution in [0, 0.1) is 0 Å². The molecular formula is C12H23BrN4S. The monoisotopic (exact) mass is 334 g/mol. The zero-order valence-electron chi connectivity index (χ0n) is 11.4. The van der Waals surface area contributed by atoms with Gasteiger partial charge in [0.05, 0.1) is 29.0 Å². The molecule has 2 N–H and O–H groups in total. The maximum atomic E-state index is 6.26. The molecule has 0 aliphatic heterocycles. The van der Waals surface area contributed by atoms with Gasteiger partial charge in [0.2, 0.25) is 0 Å². The van der Waals surface area contributed by atoms with Crippen molar-refractivity contribution >= 4 is 27.7 Å². The molecule has 0 aromatic carbocycles. The zero-order valence-corrected chi connectivity index (χ0v) is 13.8. The fourth-order valence-electron chi connectivity index (χ4n) is 1.65. The van der Waals surface area contributed by atoms with Crippen molar-refractivity contribution < 1.29 is 0 Å². The van der Waals surface area contributed by atoms with Crippen LogP contribution in [0.4, 0.5) is 0 Å². The highest BCUT2D eigenvalue weighted by Gasteiger charge is 2.16. The molecule has 1 heterocycles. The number of hydrogen-bond acceptors (Lipinski definition) is 4. The lowest BCUT2D eigenvalue weighted by molar-refractivity contribution is 0.367. The first kappa shape index (κ1) is 16.0. The molecule has 0 aliphatic carbocycles. The zero-order chi connectivity index (χ0) is 13.5. The summed E-state index contributed by atoms with van der Waals surface area (Å²) in [6, 6.07) is 0.0422. The molecule has 6 heteroatoms. The molecule has 0 saturated carbocycles. The highest BCUT2D eigenvalue weighted by Crippen LogP contribution is 2.24. The Morgan fingerprint density at radius 2 is 2.28 bits per heavy atom. The number of nitrogens with two attached hydrogens (primary N) is 1. The van der Waals surface area contributed by atoms with Gasteiger partial charge in [-0.1, -0.05) is 6.92 Å². The molecule has 1 aromatic rings. The first-order valence-electron chi connectivity index (χ1n) is 6.25. The van der Waals surface area contributed by atoms with Gasteiger partial charge < -0.3 is 10.6 Å². The number of aromatic nitrogens is 2. The number of hydrogen-bond donors (Lipinski definition) is 1. The van der Waals surface area contributed by atoms with E-state index in [1.54, 1.807) is 0 Å². The van der Waals surface area contributed by atoms with E-state index in [0.29, 0.717) is 0 Å². The summed E-state index contributed by atoms with van der Waals surface area (Å²) in [6.45, 7) is 4.03. The van der Waals surface area contributed by atoms with Gasteiger partial charge >= 0.3 is 0 Å². The minimum absolute atomic E-state index is 0.0422. The molecule has 104 valence electrons. The largest absolute Gasteiger partial charge is 0.322 e. The molecule has 1 unspecified atom stereocenters. The van der Waals surface area contributed by atoms with Crippen molar-refractivity contribution in [3.05, 3.63) is 16.4 Å². The van der Waals surface area contributed by atoms with Crippen LogP contribution >= 0.6 is 27.7 Å². The first-order valence-corrected chi connectivity index (χ1v) is 8.20. The average molecular weight is 335 g/mol. The molecule has 1 aromatic heterocycles. The Labute approximate surface area is 122 Å². The van der Waals surface area contributed by atoms with Crippen molar-refractivity contribution in [2.24, 2.45) is 5.73 Å². The lowest BCUT2D eigenvalue weighted by atomic mass is 10.2. The quantitative estimate of drug-likeness (QED) is 0.741. The van der Waals surface area contributed by atoms with Crippen LogP contribution in [0.3, 0.4) is 0 Å². The molecule has 0 saturated heterocycles. The normalized spacial score (nSPS) is 13.2. The van der Waals surface area contributed by atoms with Gasteiger partial charge in [0, 0.05) is 12.3 Å². The van der Waals surface area contributed by atoms with Gasteiger partial charge in [-0.2, -0.15) is 16.9 Å². The summed E-state index contributed by atoms with van der Waals surface area (Å²) < 4.78 is 3.03. The van der Waals surface area contributed by atoms with E-state index in [9.17, 15) is 0 Å². The van der Waals surface area contributed by atoms with Gasteiger partial charge in [0.25, 0.3) is 0 Å².